The lowest BCUT2D eigenvalue weighted by Crippen LogP contribution is -2.46. The number of nitrogens with zero attached hydrogens (tertiary/aromatic N) is 1. The van der Waals surface area contributed by atoms with Crippen molar-refractivity contribution in [1.29, 1.82) is 0 Å². The van der Waals surface area contributed by atoms with Gasteiger partial charge in [-0.3, -0.25) is 9.69 Å². The Kier molecular flexibility index (Phi) is 3.97. The number of amides is 1. The van der Waals surface area contributed by atoms with Crippen LogP contribution in [0.3, 0.4) is 0 Å². The van der Waals surface area contributed by atoms with Gasteiger partial charge in [-0.1, -0.05) is 0 Å². The molecular weight excluding hydrogens is 226 g/mol. The fourth-order valence-corrected chi connectivity index (χ4v) is 3.19. The Labute approximate surface area is 110 Å². The number of nitrogens with one attached hydrogen (secondary N) is 2. The van der Waals surface area contributed by atoms with Crippen LogP contribution in [0.15, 0.2) is 0 Å². The number of carbonyl (C=O) groups is 1. The van der Waals surface area contributed by atoms with Crippen molar-refractivity contribution in [3.8, 4) is 0 Å². The molecule has 0 atom stereocenters. The maximum atomic E-state index is 11.9. The lowest BCUT2D eigenvalue weighted by molar-refractivity contribution is -0.123. The molecule has 0 saturated carbocycles. The summed E-state index contributed by atoms with van der Waals surface area (Å²) in [5.41, 5.74) is 0.372. The van der Waals surface area contributed by atoms with Crippen molar-refractivity contribution in [3.63, 3.8) is 0 Å². The largest absolute Gasteiger partial charge is 0.350 e. The van der Waals surface area contributed by atoms with Crippen molar-refractivity contribution in [2.24, 2.45) is 5.41 Å². The van der Waals surface area contributed by atoms with Gasteiger partial charge in [0.1, 0.15) is 0 Å². The molecule has 1 spiro atoms. The first-order chi connectivity index (χ1) is 8.39. The second-order valence-electron chi connectivity index (χ2n) is 7.01. The zero-order chi connectivity index (χ0) is 13.2. The lowest BCUT2D eigenvalue weighted by atomic mass is 9.78. The van der Waals surface area contributed by atoms with E-state index in [9.17, 15) is 4.79 Å². The predicted octanol–water partition coefficient (Wildman–Crippen LogP) is 0.977. The van der Waals surface area contributed by atoms with Gasteiger partial charge in [-0.05, 0) is 65.1 Å². The SMILES string of the molecule is CC(C)(C)NC(=O)CN1CCC2(CCNCC2)C1. The van der Waals surface area contributed by atoms with Crippen LogP contribution in [0.5, 0.6) is 0 Å². The highest BCUT2D eigenvalue weighted by Gasteiger charge is 2.39. The molecule has 0 aliphatic carbocycles. The Balaban J connectivity index is 1.80. The Hall–Kier alpha value is -0.610. The minimum absolute atomic E-state index is 0.122. The van der Waals surface area contributed by atoms with E-state index >= 15 is 0 Å². The van der Waals surface area contributed by atoms with Crippen LogP contribution in [-0.2, 0) is 4.79 Å². The summed E-state index contributed by atoms with van der Waals surface area (Å²) < 4.78 is 0. The normalized spacial score (nSPS) is 24.4. The number of piperidine rings is 1. The molecule has 2 aliphatic heterocycles. The summed E-state index contributed by atoms with van der Waals surface area (Å²) in [6.07, 6.45) is 3.80. The van der Waals surface area contributed by atoms with E-state index in [1.807, 2.05) is 20.8 Å². The van der Waals surface area contributed by atoms with Crippen molar-refractivity contribution in [1.82, 2.24) is 15.5 Å². The highest BCUT2D eigenvalue weighted by Crippen LogP contribution is 2.38. The molecule has 2 saturated heterocycles. The third kappa shape index (κ3) is 3.69. The first-order valence-electron chi connectivity index (χ1n) is 7.13. The van der Waals surface area contributed by atoms with E-state index < -0.39 is 0 Å². The summed E-state index contributed by atoms with van der Waals surface area (Å²) in [7, 11) is 0. The highest BCUT2D eigenvalue weighted by atomic mass is 16.2. The number of rotatable bonds is 2. The van der Waals surface area contributed by atoms with E-state index in [-0.39, 0.29) is 11.4 Å². The zero-order valence-electron chi connectivity index (χ0n) is 12.0. The van der Waals surface area contributed by atoms with Crippen LogP contribution in [0.1, 0.15) is 40.0 Å². The second kappa shape index (κ2) is 5.17. The Morgan fingerprint density at radius 2 is 1.94 bits per heavy atom. The summed E-state index contributed by atoms with van der Waals surface area (Å²) in [6.45, 7) is 11.1. The molecule has 0 unspecified atom stereocenters. The fraction of sp³-hybridized carbons (Fsp3) is 0.929. The van der Waals surface area contributed by atoms with Crippen LogP contribution >= 0.6 is 0 Å². The quantitative estimate of drug-likeness (QED) is 0.771. The first-order valence-corrected chi connectivity index (χ1v) is 7.13. The minimum Gasteiger partial charge on any atom is -0.350 e. The monoisotopic (exact) mass is 253 g/mol. The molecule has 4 heteroatoms. The van der Waals surface area contributed by atoms with Gasteiger partial charge >= 0.3 is 0 Å². The summed E-state index contributed by atoms with van der Waals surface area (Å²) in [6, 6.07) is 0. The van der Waals surface area contributed by atoms with Gasteiger partial charge in [-0.2, -0.15) is 0 Å². The molecule has 2 N–H and O–H groups in total. The smallest absolute Gasteiger partial charge is 0.234 e. The zero-order valence-corrected chi connectivity index (χ0v) is 12.0. The average Bonchev–Trinajstić information content (AvgIpc) is 2.59. The van der Waals surface area contributed by atoms with Gasteiger partial charge < -0.3 is 10.6 Å². The third-order valence-electron chi connectivity index (χ3n) is 4.06. The van der Waals surface area contributed by atoms with E-state index in [4.69, 9.17) is 0 Å². The molecule has 2 aliphatic rings. The molecule has 2 fully saturated rings. The molecule has 18 heavy (non-hydrogen) atoms. The summed E-state index contributed by atoms with van der Waals surface area (Å²) in [4.78, 5) is 14.2. The van der Waals surface area contributed by atoms with Crippen LogP contribution in [0.25, 0.3) is 0 Å². The van der Waals surface area contributed by atoms with Gasteiger partial charge in [0.15, 0.2) is 0 Å². The van der Waals surface area contributed by atoms with Crippen LogP contribution in [0.2, 0.25) is 0 Å². The van der Waals surface area contributed by atoms with Crippen molar-refractivity contribution in [2.75, 3.05) is 32.7 Å². The molecule has 2 rings (SSSR count). The van der Waals surface area contributed by atoms with Crippen molar-refractivity contribution >= 4 is 5.91 Å². The van der Waals surface area contributed by atoms with E-state index in [2.05, 4.69) is 15.5 Å². The third-order valence-corrected chi connectivity index (χ3v) is 4.06. The average molecular weight is 253 g/mol. The number of hydrogen-bond donors (Lipinski definition) is 2. The first kappa shape index (κ1) is 13.8. The Morgan fingerprint density at radius 1 is 1.28 bits per heavy atom. The molecule has 0 aromatic rings. The maximum Gasteiger partial charge on any atom is 0.234 e. The van der Waals surface area contributed by atoms with Crippen LogP contribution in [-0.4, -0.2) is 49.1 Å². The van der Waals surface area contributed by atoms with Crippen molar-refractivity contribution in [2.45, 2.75) is 45.6 Å². The molecule has 0 aromatic carbocycles. The minimum atomic E-state index is -0.122. The van der Waals surface area contributed by atoms with E-state index in [0.717, 1.165) is 26.2 Å². The molecule has 0 bridgehead atoms. The molecule has 0 aromatic heterocycles. The van der Waals surface area contributed by atoms with Gasteiger partial charge in [0.05, 0.1) is 6.54 Å². The Morgan fingerprint density at radius 3 is 2.56 bits per heavy atom. The van der Waals surface area contributed by atoms with Crippen molar-refractivity contribution in [3.05, 3.63) is 0 Å². The summed E-state index contributed by atoms with van der Waals surface area (Å²) in [5.74, 6) is 0.161. The van der Waals surface area contributed by atoms with Crippen molar-refractivity contribution < 1.29 is 4.79 Å². The van der Waals surface area contributed by atoms with Crippen LogP contribution < -0.4 is 10.6 Å². The summed E-state index contributed by atoms with van der Waals surface area (Å²) in [5, 5.41) is 6.47. The van der Waals surface area contributed by atoms with E-state index in [0.29, 0.717) is 12.0 Å². The molecule has 0 radical (unpaired) electrons. The fourth-order valence-electron chi connectivity index (χ4n) is 3.19. The number of carbonyl (C=O) groups excluding carboxylic acids is 1. The number of hydrogen-bond acceptors (Lipinski definition) is 3. The Bertz CT molecular complexity index is 303. The van der Waals surface area contributed by atoms with E-state index in [1.165, 1.54) is 19.3 Å². The molecule has 2 heterocycles. The van der Waals surface area contributed by atoms with Gasteiger partial charge in [-0.15, -0.1) is 0 Å². The molecule has 4 nitrogen and oxygen atoms in total. The standard InChI is InChI=1S/C14H27N3O/c1-13(2,3)16-12(18)10-17-9-6-14(11-17)4-7-15-8-5-14/h15H,4-11H2,1-3H3,(H,16,18). The summed E-state index contributed by atoms with van der Waals surface area (Å²) >= 11 is 0. The number of likely N-dealkylation sites (tertiary alicyclic amines) is 1. The van der Waals surface area contributed by atoms with Crippen LogP contribution in [0, 0.1) is 5.41 Å². The van der Waals surface area contributed by atoms with Gasteiger partial charge in [0.2, 0.25) is 5.91 Å². The molecular formula is C14H27N3O. The molecule has 104 valence electrons. The van der Waals surface area contributed by atoms with Gasteiger partial charge in [-0.25, -0.2) is 0 Å². The van der Waals surface area contributed by atoms with E-state index in [1.54, 1.807) is 0 Å². The van der Waals surface area contributed by atoms with Gasteiger partial charge in [0, 0.05) is 12.1 Å². The maximum absolute atomic E-state index is 11.9. The van der Waals surface area contributed by atoms with Gasteiger partial charge in [0.25, 0.3) is 0 Å². The predicted molar refractivity (Wildman–Crippen MR) is 73.5 cm³/mol. The second-order valence-corrected chi connectivity index (χ2v) is 7.01. The highest BCUT2D eigenvalue weighted by molar-refractivity contribution is 5.78. The molecule has 1 amide bonds. The topological polar surface area (TPSA) is 44.4 Å². The lowest BCUT2D eigenvalue weighted by Gasteiger charge is -2.34. The van der Waals surface area contributed by atoms with Crippen LogP contribution in [0.4, 0.5) is 0 Å².